The molecule has 0 aliphatic carbocycles. The summed E-state index contributed by atoms with van der Waals surface area (Å²) in [7, 11) is 1.63. The molecule has 1 aliphatic heterocycles. The first-order chi connectivity index (χ1) is 18.7. The van der Waals surface area contributed by atoms with Gasteiger partial charge in [-0.3, -0.25) is 9.78 Å². The molecule has 0 saturated carbocycles. The summed E-state index contributed by atoms with van der Waals surface area (Å²) >= 11 is 0. The van der Waals surface area contributed by atoms with Crippen molar-refractivity contribution in [3.05, 3.63) is 83.2 Å². The first kappa shape index (κ1) is 28.0. The highest BCUT2D eigenvalue weighted by Crippen LogP contribution is 2.35. The van der Waals surface area contributed by atoms with Crippen molar-refractivity contribution in [1.29, 1.82) is 0 Å². The summed E-state index contributed by atoms with van der Waals surface area (Å²) in [6, 6.07) is 17.5. The Bertz CT molecular complexity index is 1300. The molecule has 1 aliphatic rings. The second kappa shape index (κ2) is 12.2. The first-order valence-electron chi connectivity index (χ1n) is 13.2. The number of ether oxygens (including phenoxy) is 4. The van der Waals surface area contributed by atoms with Crippen LogP contribution in [-0.2, 0) is 22.6 Å². The van der Waals surface area contributed by atoms with Gasteiger partial charge in [-0.25, -0.2) is 4.79 Å². The number of aryl methyl sites for hydroxylation is 1. The number of rotatable bonds is 11. The van der Waals surface area contributed by atoms with Crippen molar-refractivity contribution in [1.82, 2.24) is 9.88 Å². The summed E-state index contributed by atoms with van der Waals surface area (Å²) in [5.74, 6) is 1.24. The van der Waals surface area contributed by atoms with Crippen molar-refractivity contribution in [2.24, 2.45) is 0 Å². The maximum Gasteiger partial charge on any atom is 0.349 e. The second-order valence-electron chi connectivity index (χ2n) is 9.99. The smallest absolute Gasteiger partial charge is 0.349 e. The van der Waals surface area contributed by atoms with Gasteiger partial charge in [-0.05, 0) is 62.1 Å². The molecular weight excluding hydrogens is 496 g/mol. The van der Waals surface area contributed by atoms with Gasteiger partial charge in [0.1, 0.15) is 18.1 Å². The van der Waals surface area contributed by atoms with E-state index in [0.717, 1.165) is 17.5 Å². The zero-order chi connectivity index (χ0) is 28.0. The predicted octanol–water partition coefficient (Wildman–Crippen LogP) is 5.19. The topological polar surface area (TPSA) is 87.2 Å². The lowest BCUT2D eigenvalue weighted by Gasteiger charge is -2.39. The van der Waals surface area contributed by atoms with Gasteiger partial charge in [-0.15, -0.1) is 0 Å². The molecule has 1 saturated heterocycles. The van der Waals surface area contributed by atoms with Crippen LogP contribution in [0.15, 0.2) is 60.8 Å². The van der Waals surface area contributed by atoms with Gasteiger partial charge in [0, 0.05) is 31.3 Å². The minimum atomic E-state index is -1.19. The van der Waals surface area contributed by atoms with Crippen LogP contribution in [0, 0.1) is 0 Å². The van der Waals surface area contributed by atoms with Crippen LogP contribution in [0.3, 0.4) is 0 Å². The summed E-state index contributed by atoms with van der Waals surface area (Å²) < 4.78 is 22.5. The fraction of sp³-hybridized carbons (Fsp3) is 0.387. The average molecular weight is 533 g/mol. The maximum atomic E-state index is 13.1. The van der Waals surface area contributed by atoms with Crippen LogP contribution in [0.5, 0.6) is 17.2 Å². The van der Waals surface area contributed by atoms with Gasteiger partial charge in [0.15, 0.2) is 17.1 Å². The Hall–Kier alpha value is -4.07. The molecule has 2 aromatic carbocycles. The van der Waals surface area contributed by atoms with E-state index in [1.807, 2.05) is 18.2 Å². The van der Waals surface area contributed by atoms with Crippen LogP contribution in [0.1, 0.15) is 60.8 Å². The summed E-state index contributed by atoms with van der Waals surface area (Å²) in [6.45, 7) is 8.97. The van der Waals surface area contributed by atoms with Crippen molar-refractivity contribution in [2.45, 2.75) is 52.2 Å². The average Bonchev–Trinajstić information content (AvgIpc) is 2.91. The van der Waals surface area contributed by atoms with E-state index in [0.29, 0.717) is 36.9 Å². The molecule has 0 spiro atoms. The molecule has 2 heterocycles. The number of benzene rings is 2. The largest absolute Gasteiger partial charge is 0.493 e. The van der Waals surface area contributed by atoms with Crippen LogP contribution >= 0.6 is 0 Å². The van der Waals surface area contributed by atoms with Gasteiger partial charge in [-0.2, -0.15) is 0 Å². The zero-order valence-corrected chi connectivity index (χ0v) is 23.2. The van der Waals surface area contributed by atoms with Gasteiger partial charge < -0.3 is 23.8 Å². The van der Waals surface area contributed by atoms with E-state index >= 15 is 0 Å². The van der Waals surface area contributed by atoms with Crippen LogP contribution in [0.2, 0.25) is 0 Å². The van der Waals surface area contributed by atoms with Crippen molar-refractivity contribution in [2.75, 3.05) is 26.8 Å². The lowest BCUT2D eigenvalue weighted by atomic mass is 9.91. The van der Waals surface area contributed by atoms with Crippen LogP contribution < -0.4 is 14.2 Å². The number of carbonyl (C=O) groups is 2. The second-order valence-corrected chi connectivity index (χ2v) is 9.99. The minimum absolute atomic E-state index is 0.181. The minimum Gasteiger partial charge on any atom is -0.493 e. The molecule has 1 amide bonds. The Labute approximate surface area is 229 Å². The van der Waals surface area contributed by atoms with Gasteiger partial charge >= 0.3 is 5.97 Å². The summed E-state index contributed by atoms with van der Waals surface area (Å²) in [6.07, 6.45) is 2.51. The number of esters is 1. The molecule has 0 N–H and O–H groups in total. The molecule has 1 fully saturated rings. The fourth-order valence-corrected chi connectivity index (χ4v) is 4.34. The third-order valence-electron chi connectivity index (χ3n) is 6.74. The Morgan fingerprint density at radius 1 is 0.974 bits per heavy atom. The highest BCUT2D eigenvalue weighted by molar-refractivity contribution is 5.93. The Morgan fingerprint density at radius 2 is 1.69 bits per heavy atom. The van der Waals surface area contributed by atoms with Crippen molar-refractivity contribution in [3.63, 3.8) is 0 Å². The molecule has 39 heavy (non-hydrogen) atoms. The maximum absolute atomic E-state index is 13.1. The molecule has 8 nitrogen and oxygen atoms in total. The zero-order valence-electron chi connectivity index (χ0n) is 23.2. The Morgan fingerprint density at radius 3 is 2.36 bits per heavy atom. The molecule has 0 unspecified atom stereocenters. The first-order valence-corrected chi connectivity index (χ1v) is 13.2. The monoisotopic (exact) mass is 532 g/mol. The summed E-state index contributed by atoms with van der Waals surface area (Å²) in [5, 5.41) is 0. The number of methoxy groups -OCH3 is 1. The van der Waals surface area contributed by atoms with E-state index in [1.54, 1.807) is 44.9 Å². The number of hydrogen-bond acceptors (Lipinski definition) is 7. The van der Waals surface area contributed by atoms with Gasteiger partial charge in [0.25, 0.3) is 5.91 Å². The van der Waals surface area contributed by atoms with Crippen molar-refractivity contribution < 1.29 is 28.5 Å². The molecule has 4 rings (SSSR count). The quantitative estimate of drug-likeness (QED) is 0.314. The molecule has 0 atom stereocenters. The van der Waals surface area contributed by atoms with E-state index in [1.165, 1.54) is 11.8 Å². The molecular formula is C31H36N2O6. The Kier molecular flexibility index (Phi) is 8.74. The van der Waals surface area contributed by atoms with Crippen LogP contribution in [0.25, 0.3) is 0 Å². The third kappa shape index (κ3) is 6.69. The van der Waals surface area contributed by atoms with Gasteiger partial charge in [-0.1, -0.05) is 37.3 Å². The number of aromatic nitrogens is 1. The molecule has 8 heteroatoms. The van der Waals surface area contributed by atoms with Crippen LogP contribution in [-0.4, -0.2) is 54.2 Å². The number of hydrogen-bond donors (Lipinski definition) is 0. The fourth-order valence-electron chi connectivity index (χ4n) is 4.34. The number of nitrogens with zero attached hydrogens (tertiary/aromatic N) is 2. The van der Waals surface area contributed by atoms with Crippen molar-refractivity contribution >= 4 is 11.9 Å². The molecule has 1 aromatic heterocycles. The molecule has 0 radical (unpaired) electrons. The summed E-state index contributed by atoms with van der Waals surface area (Å²) in [5.41, 5.74) is 2.55. The SMILES string of the molecule is CCOC(=O)C(C)(C)Oc1ccnc(C(=O)N2CC(c3ccc(OCc4ccc(CC)cc4)c(OC)c3)C2)c1. The predicted molar refractivity (Wildman–Crippen MR) is 147 cm³/mol. The van der Waals surface area contributed by atoms with E-state index < -0.39 is 11.6 Å². The summed E-state index contributed by atoms with van der Waals surface area (Å²) in [4.78, 5) is 31.2. The highest BCUT2D eigenvalue weighted by atomic mass is 16.6. The van der Waals surface area contributed by atoms with Gasteiger partial charge in [0.2, 0.25) is 0 Å². The van der Waals surface area contributed by atoms with E-state index in [-0.39, 0.29) is 24.1 Å². The molecule has 3 aromatic rings. The molecule has 0 bridgehead atoms. The number of amides is 1. The normalized spacial score (nSPS) is 13.4. The molecule has 206 valence electrons. The third-order valence-corrected chi connectivity index (χ3v) is 6.74. The van der Waals surface area contributed by atoms with Crippen molar-refractivity contribution in [3.8, 4) is 17.2 Å². The standard InChI is InChI=1S/C31H36N2O6/c1-6-21-8-10-22(11-9-21)20-38-27-13-12-23(16-28(27)36-5)24-18-33(19-24)29(34)26-17-25(14-15-32-26)39-31(3,4)30(35)37-7-2/h8-17,24H,6-7,18-20H2,1-5H3. The van der Waals surface area contributed by atoms with Crippen LogP contribution in [0.4, 0.5) is 0 Å². The Balaban J connectivity index is 1.35. The number of pyridine rings is 1. The highest BCUT2D eigenvalue weighted by Gasteiger charge is 2.35. The lowest BCUT2D eigenvalue weighted by Crippen LogP contribution is -2.48. The lowest BCUT2D eigenvalue weighted by molar-refractivity contribution is -0.158. The van der Waals surface area contributed by atoms with E-state index in [4.69, 9.17) is 18.9 Å². The van der Waals surface area contributed by atoms with E-state index in [9.17, 15) is 9.59 Å². The van der Waals surface area contributed by atoms with E-state index in [2.05, 4.69) is 36.2 Å². The number of carbonyl (C=O) groups excluding carboxylic acids is 2. The number of likely N-dealkylation sites (tertiary alicyclic amines) is 1. The van der Waals surface area contributed by atoms with Gasteiger partial charge in [0.05, 0.1) is 13.7 Å².